The Hall–Kier alpha value is -1.07. The number of nitrogens with one attached hydrogen (secondary N) is 1. The van der Waals surface area contributed by atoms with E-state index in [4.69, 9.17) is 5.11 Å². The predicted molar refractivity (Wildman–Crippen MR) is 72.8 cm³/mol. The van der Waals surface area contributed by atoms with Crippen LogP contribution in [0.15, 0.2) is 0 Å². The topological polar surface area (TPSA) is 53.3 Å². The van der Waals surface area contributed by atoms with Crippen molar-refractivity contribution in [1.29, 1.82) is 0 Å². The second-order valence-electron chi connectivity index (χ2n) is 5.17. The summed E-state index contributed by atoms with van der Waals surface area (Å²) in [5, 5.41) is 17.0. The third kappa shape index (κ3) is 3.03. The fourth-order valence-electron chi connectivity index (χ4n) is 2.32. The molecule has 1 aliphatic rings. The third-order valence-corrected chi connectivity index (χ3v) is 3.47. The van der Waals surface area contributed by atoms with E-state index in [2.05, 4.69) is 29.3 Å². The minimum atomic E-state index is 0.233. The first-order valence-corrected chi connectivity index (χ1v) is 6.71. The third-order valence-electron chi connectivity index (χ3n) is 3.47. The Morgan fingerprint density at radius 2 is 2.22 bits per heavy atom. The predicted octanol–water partition coefficient (Wildman–Crippen LogP) is 0.799. The molecule has 0 unspecified atom stereocenters. The van der Waals surface area contributed by atoms with Crippen molar-refractivity contribution in [3.05, 3.63) is 11.3 Å². The molecule has 1 aliphatic carbocycles. The van der Waals surface area contributed by atoms with E-state index >= 15 is 0 Å². The molecule has 0 spiro atoms. The Labute approximate surface area is 109 Å². The Balaban J connectivity index is 2.09. The highest BCUT2D eigenvalue weighted by Gasteiger charge is 2.23. The summed E-state index contributed by atoms with van der Waals surface area (Å²) in [5.41, 5.74) is 2.38. The quantitative estimate of drug-likeness (QED) is 0.753. The molecule has 0 aromatic carbocycles. The second kappa shape index (κ2) is 5.71. The van der Waals surface area contributed by atoms with Gasteiger partial charge < -0.3 is 15.3 Å². The summed E-state index contributed by atoms with van der Waals surface area (Å²) < 4.78 is 1.94. The zero-order valence-electron chi connectivity index (χ0n) is 11.6. The van der Waals surface area contributed by atoms with Gasteiger partial charge >= 0.3 is 0 Å². The fraction of sp³-hybridized carbons (Fsp3) is 0.769. The summed E-state index contributed by atoms with van der Waals surface area (Å²) in [7, 11) is 4.05. The van der Waals surface area contributed by atoms with Gasteiger partial charge in [-0.3, -0.25) is 4.68 Å². The first-order chi connectivity index (χ1) is 8.63. The van der Waals surface area contributed by atoms with Crippen molar-refractivity contribution in [2.24, 2.45) is 7.05 Å². The van der Waals surface area contributed by atoms with Crippen molar-refractivity contribution in [2.75, 3.05) is 25.1 Å². The molecule has 1 heterocycles. The number of anilines is 1. The molecule has 0 saturated heterocycles. The van der Waals surface area contributed by atoms with Crippen LogP contribution in [-0.4, -0.2) is 41.1 Å². The first-order valence-electron chi connectivity index (χ1n) is 6.71. The van der Waals surface area contributed by atoms with Crippen molar-refractivity contribution in [3.8, 4) is 0 Å². The van der Waals surface area contributed by atoms with E-state index in [1.807, 2.05) is 11.7 Å². The monoisotopic (exact) mass is 252 g/mol. The van der Waals surface area contributed by atoms with E-state index in [0.29, 0.717) is 6.04 Å². The molecule has 0 atom stereocenters. The van der Waals surface area contributed by atoms with Gasteiger partial charge in [0, 0.05) is 45.4 Å². The van der Waals surface area contributed by atoms with Crippen LogP contribution < -0.4 is 10.2 Å². The summed E-state index contributed by atoms with van der Waals surface area (Å²) in [5.74, 6) is 1.16. The van der Waals surface area contributed by atoms with Crippen LogP contribution in [0.1, 0.15) is 30.5 Å². The Bertz CT molecular complexity index is 398. The number of hydrogen-bond donors (Lipinski definition) is 2. The van der Waals surface area contributed by atoms with E-state index in [1.54, 1.807) is 0 Å². The normalized spacial score (nSPS) is 15.1. The molecule has 1 fully saturated rings. The molecular weight excluding hydrogens is 228 g/mol. The van der Waals surface area contributed by atoms with Crippen LogP contribution in [0.4, 0.5) is 5.82 Å². The average molecular weight is 252 g/mol. The standard InChI is InChI=1S/C13H24N4O/c1-10-12(9-14-11-5-6-11)13(17(3)15-10)16(2)7-4-8-18/h11,14,18H,4-9H2,1-3H3. The van der Waals surface area contributed by atoms with Crippen molar-refractivity contribution < 1.29 is 5.11 Å². The second-order valence-corrected chi connectivity index (χ2v) is 5.17. The van der Waals surface area contributed by atoms with Crippen molar-refractivity contribution in [1.82, 2.24) is 15.1 Å². The molecular formula is C13H24N4O. The van der Waals surface area contributed by atoms with Crippen molar-refractivity contribution >= 4 is 5.82 Å². The minimum absolute atomic E-state index is 0.233. The van der Waals surface area contributed by atoms with Gasteiger partial charge in [-0.2, -0.15) is 5.10 Å². The van der Waals surface area contributed by atoms with Crippen LogP contribution >= 0.6 is 0 Å². The highest BCUT2D eigenvalue weighted by atomic mass is 16.3. The van der Waals surface area contributed by atoms with Gasteiger partial charge in [-0.15, -0.1) is 0 Å². The smallest absolute Gasteiger partial charge is 0.131 e. The van der Waals surface area contributed by atoms with E-state index in [1.165, 1.54) is 18.4 Å². The van der Waals surface area contributed by atoms with Crippen LogP contribution in [0.25, 0.3) is 0 Å². The highest BCUT2D eigenvalue weighted by molar-refractivity contribution is 5.49. The maximum atomic E-state index is 8.93. The Kier molecular flexibility index (Phi) is 4.24. The van der Waals surface area contributed by atoms with Crippen LogP contribution in [0, 0.1) is 6.92 Å². The molecule has 0 aliphatic heterocycles. The summed E-state index contributed by atoms with van der Waals surface area (Å²) >= 11 is 0. The number of nitrogens with zero attached hydrogens (tertiary/aromatic N) is 3. The SMILES string of the molecule is Cc1nn(C)c(N(C)CCCO)c1CNC1CC1. The minimum Gasteiger partial charge on any atom is -0.396 e. The molecule has 5 heteroatoms. The van der Waals surface area contributed by atoms with Gasteiger partial charge in [0.25, 0.3) is 0 Å². The lowest BCUT2D eigenvalue weighted by molar-refractivity contribution is 0.290. The molecule has 1 saturated carbocycles. The average Bonchev–Trinajstić information content (AvgIpc) is 3.10. The lowest BCUT2D eigenvalue weighted by atomic mass is 10.2. The maximum Gasteiger partial charge on any atom is 0.131 e. The zero-order chi connectivity index (χ0) is 13.1. The van der Waals surface area contributed by atoms with Gasteiger partial charge in [-0.05, 0) is 26.2 Å². The molecule has 0 amide bonds. The first kappa shape index (κ1) is 13.4. The number of rotatable bonds is 7. The molecule has 0 bridgehead atoms. The zero-order valence-corrected chi connectivity index (χ0v) is 11.6. The molecule has 0 radical (unpaired) electrons. The van der Waals surface area contributed by atoms with E-state index < -0.39 is 0 Å². The van der Waals surface area contributed by atoms with Crippen molar-refractivity contribution in [2.45, 2.75) is 38.8 Å². The lowest BCUT2D eigenvalue weighted by Crippen LogP contribution is -2.25. The van der Waals surface area contributed by atoms with E-state index in [9.17, 15) is 0 Å². The molecule has 5 nitrogen and oxygen atoms in total. The number of hydrogen-bond acceptors (Lipinski definition) is 4. The summed E-state index contributed by atoms with van der Waals surface area (Å²) in [4.78, 5) is 2.18. The number of aryl methyl sites for hydroxylation is 2. The molecule has 18 heavy (non-hydrogen) atoms. The van der Waals surface area contributed by atoms with Gasteiger partial charge in [-0.1, -0.05) is 0 Å². The van der Waals surface area contributed by atoms with Gasteiger partial charge in [0.15, 0.2) is 0 Å². The molecule has 102 valence electrons. The molecule has 2 rings (SSSR count). The van der Waals surface area contributed by atoms with Crippen LogP contribution in [-0.2, 0) is 13.6 Å². The van der Waals surface area contributed by atoms with E-state index in [-0.39, 0.29) is 6.61 Å². The molecule has 2 N–H and O–H groups in total. The number of aromatic nitrogens is 2. The lowest BCUT2D eigenvalue weighted by Gasteiger charge is -2.20. The van der Waals surface area contributed by atoms with Gasteiger partial charge in [0.2, 0.25) is 0 Å². The van der Waals surface area contributed by atoms with E-state index in [0.717, 1.165) is 31.0 Å². The summed E-state index contributed by atoms with van der Waals surface area (Å²) in [6, 6.07) is 0.709. The Morgan fingerprint density at radius 1 is 1.50 bits per heavy atom. The van der Waals surface area contributed by atoms with Crippen LogP contribution in [0.3, 0.4) is 0 Å². The maximum absolute atomic E-state index is 8.93. The summed E-state index contributed by atoms with van der Waals surface area (Å²) in [6.45, 7) is 4.04. The summed E-state index contributed by atoms with van der Waals surface area (Å²) in [6.07, 6.45) is 3.39. The highest BCUT2D eigenvalue weighted by Crippen LogP contribution is 2.25. The Morgan fingerprint density at radius 3 is 2.83 bits per heavy atom. The van der Waals surface area contributed by atoms with Crippen molar-refractivity contribution in [3.63, 3.8) is 0 Å². The van der Waals surface area contributed by atoms with Gasteiger partial charge in [0.05, 0.1) is 5.69 Å². The largest absolute Gasteiger partial charge is 0.396 e. The van der Waals surface area contributed by atoms with Gasteiger partial charge in [0.1, 0.15) is 5.82 Å². The molecule has 1 aromatic heterocycles. The molecule has 1 aromatic rings. The van der Waals surface area contributed by atoms with Crippen LogP contribution in [0.2, 0.25) is 0 Å². The number of aliphatic hydroxyl groups is 1. The fourth-order valence-corrected chi connectivity index (χ4v) is 2.32. The number of aliphatic hydroxyl groups excluding tert-OH is 1. The van der Waals surface area contributed by atoms with Crippen LogP contribution in [0.5, 0.6) is 0 Å². The van der Waals surface area contributed by atoms with Gasteiger partial charge in [-0.25, -0.2) is 0 Å².